The topological polar surface area (TPSA) is 21.3 Å². The number of ether oxygens (including phenoxy) is 1. The molecule has 1 aliphatic carbocycles. The van der Waals surface area contributed by atoms with Crippen LogP contribution >= 0.6 is 0 Å². The lowest BCUT2D eigenvalue weighted by molar-refractivity contribution is 0.337. The van der Waals surface area contributed by atoms with Crippen molar-refractivity contribution in [3.8, 4) is 5.75 Å². The van der Waals surface area contributed by atoms with Crippen LogP contribution in [0, 0.1) is 13.8 Å². The largest absolute Gasteiger partial charge is 0.494 e. The molecule has 1 N–H and O–H groups in total. The Morgan fingerprint density at radius 1 is 1.17 bits per heavy atom. The Hall–Kier alpha value is -1.02. The minimum absolute atomic E-state index is 0.398. The van der Waals surface area contributed by atoms with Crippen LogP contribution in [0.1, 0.15) is 43.4 Å². The van der Waals surface area contributed by atoms with E-state index in [0.29, 0.717) is 5.41 Å². The maximum Gasteiger partial charge on any atom is 0.122 e. The zero-order chi connectivity index (χ0) is 13.2. The van der Waals surface area contributed by atoms with Crippen molar-refractivity contribution in [3.05, 3.63) is 28.8 Å². The summed E-state index contributed by atoms with van der Waals surface area (Å²) in [5, 5.41) is 3.50. The minimum Gasteiger partial charge on any atom is -0.494 e. The SMILES string of the molecule is CCNCC1(c2cc(C)c(OCC)cc2C)CC1. The molecule has 2 rings (SSSR count). The average Bonchev–Trinajstić information content (AvgIpc) is 3.12. The van der Waals surface area contributed by atoms with Gasteiger partial charge in [-0.2, -0.15) is 0 Å². The Kier molecular flexibility index (Phi) is 3.96. The lowest BCUT2D eigenvalue weighted by Crippen LogP contribution is -2.27. The molecule has 2 heteroatoms. The average molecular weight is 247 g/mol. The molecule has 1 fully saturated rings. The third kappa shape index (κ3) is 2.54. The highest BCUT2D eigenvalue weighted by Crippen LogP contribution is 2.49. The molecular formula is C16H25NO. The number of likely N-dealkylation sites (N-methyl/N-ethyl adjacent to an activating group) is 1. The predicted octanol–water partition coefficient (Wildman–Crippen LogP) is 3.34. The van der Waals surface area contributed by atoms with Gasteiger partial charge in [-0.15, -0.1) is 0 Å². The van der Waals surface area contributed by atoms with E-state index in [2.05, 4.69) is 38.2 Å². The van der Waals surface area contributed by atoms with Crippen LogP contribution in [0.5, 0.6) is 5.75 Å². The standard InChI is InChI=1S/C16H25NO/c1-5-17-11-16(7-8-16)14-9-13(4)15(18-6-2)10-12(14)3/h9-10,17H,5-8,11H2,1-4H3. The Morgan fingerprint density at radius 3 is 2.44 bits per heavy atom. The lowest BCUT2D eigenvalue weighted by Gasteiger charge is -2.21. The summed E-state index contributed by atoms with van der Waals surface area (Å²) in [6.45, 7) is 11.5. The Morgan fingerprint density at radius 2 is 1.89 bits per heavy atom. The van der Waals surface area contributed by atoms with Crippen molar-refractivity contribution < 1.29 is 4.74 Å². The summed E-state index contributed by atoms with van der Waals surface area (Å²) in [5.74, 6) is 1.04. The summed E-state index contributed by atoms with van der Waals surface area (Å²) < 4.78 is 5.67. The van der Waals surface area contributed by atoms with E-state index in [9.17, 15) is 0 Å². The van der Waals surface area contributed by atoms with Crippen LogP contribution in [0.15, 0.2) is 12.1 Å². The first-order valence-electron chi connectivity index (χ1n) is 7.08. The fourth-order valence-electron chi connectivity index (χ4n) is 2.73. The van der Waals surface area contributed by atoms with Crippen LogP contribution in [0.25, 0.3) is 0 Å². The van der Waals surface area contributed by atoms with Crippen LogP contribution in [0.3, 0.4) is 0 Å². The summed E-state index contributed by atoms with van der Waals surface area (Å²) >= 11 is 0. The van der Waals surface area contributed by atoms with Crippen molar-refractivity contribution >= 4 is 0 Å². The lowest BCUT2D eigenvalue weighted by atomic mass is 9.90. The second-order valence-corrected chi connectivity index (χ2v) is 5.43. The van der Waals surface area contributed by atoms with E-state index in [0.717, 1.165) is 25.4 Å². The van der Waals surface area contributed by atoms with Crippen molar-refractivity contribution in [1.82, 2.24) is 5.32 Å². The first-order valence-corrected chi connectivity index (χ1v) is 7.08. The van der Waals surface area contributed by atoms with Crippen LogP contribution in [0.4, 0.5) is 0 Å². The molecule has 0 amide bonds. The molecule has 2 nitrogen and oxygen atoms in total. The minimum atomic E-state index is 0.398. The number of nitrogens with one attached hydrogen (secondary N) is 1. The van der Waals surface area contributed by atoms with Crippen LogP contribution in [0.2, 0.25) is 0 Å². The van der Waals surface area contributed by atoms with Gasteiger partial charge >= 0.3 is 0 Å². The molecule has 0 bridgehead atoms. The van der Waals surface area contributed by atoms with Gasteiger partial charge in [-0.25, -0.2) is 0 Å². The van der Waals surface area contributed by atoms with Crippen LogP contribution < -0.4 is 10.1 Å². The summed E-state index contributed by atoms with van der Waals surface area (Å²) in [5.41, 5.74) is 4.55. The molecule has 0 atom stereocenters. The molecule has 0 heterocycles. The second kappa shape index (κ2) is 5.31. The van der Waals surface area contributed by atoms with Crippen molar-refractivity contribution in [2.45, 2.75) is 46.0 Å². The predicted molar refractivity (Wildman–Crippen MR) is 76.5 cm³/mol. The normalized spacial score (nSPS) is 16.7. The van der Waals surface area contributed by atoms with Crippen molar-refractivity contribution in [3.63, 3.8) is 0 Å². The molecular weight excluding hydrogens is 222 g/mol. The second-order valence-electron chi connectivity index (χ2n) is 5.43. The Balaban J connectivity index is 2.26. The molecule has 0 aliphatic heterocycles. The van der Waals surface area contributed by atoms with E-state index in [-0.39, 0.29) is 0 Å². The third-order valence-electron chi connectivity index (χ3n) is 3.96. The highest BCUT2D eigenvalue weighted by molar-refractivity contribution is 5.47. The first kappa shape index (κ1) is 13.4. The van der Waals surface area contributed by atoms with Gasteiger partial charge < -0.3 is 10.1 Å². The maximum atomic E-state index is 5.67. The first-order chi connectivity index (χ1) is 8.63. The Bertz CT molecular complexity index is 421. The van der Waals surface area contributed by atoms with Gasteiger partial charge in [0.1, 0.15) is 5.75 Å². The van der Waals surface area contributed by atoms with E-state index in [1.807, 2.05) is 6.92 Å². The Labute approximate surface area is 111 Å². The van der Waals surface area contributed by atoms with Gasteiger partial charge in [-0.1, -0.05) is 13.0 Å². The summed E-state index contributed by atoms with van der Waals surface area (Å²) in [6, 6.07) is 4.55. The van der Waals surface area contributed by atoms with E-state index in [1.165, 1.54) is 29.5 Å². The van der Waals surface area contributed by atoms with Gasteiger partial charge in [-0.05, 0) is 62.9 Å². The summed E-state index contributed by atoms with van der Waals surface area (Å²) in [4.78, 5) is 0. The molecule has 1 aromatic rings. The number of hydrogen-bond donors (Lipinski definition) is 1. The molecule has 18 heavy (non-hydrogen) atoms. The molecule has 0 saturated heterocycles. The molecule has 1 aliphatic rings. The molecule has 100 valence electrons. The van der Waals surface area contributed by atoms with Gasteiger partial charge in [-0.3, -0.25) is 0 Å². The van der Waals surface area contributed by atoms with E-state index < -0.39 is 0 Å². The van der Waals surface area contributed by atoms with Crippen molar-refractivity contribution in [2.24, 2.45) is 0 Å². The fourth-order valence-corrected chi connectivity index (χ4v) is 2.73. The summed E-state index contributed by atoms with van der Waals surface area (Å²) in [7, 11) is 0. The summed E-state index contributed by atoms with van der Waals surface area (Å²) in [6.07, 6.45) is 2.63. The van der Waals surface area contributed by atoms with Crippen molar-refractivity contribution in [2.75, 3.05) is 19.7 Å². The maximum absolute atomic E-state index is 5.67. The van der Waals surface area contributed by atoms with Gasteiger partial charge in [0, 0.05) is 12.0 Å². The number of aryl methyl sites for hydroxylation is 2. The zero-order valence-electron chi connectivity index (χ0n) is 12.1. The van der Waals surface area contributed by atoms with E-state index in [4.69, 9.17) is 4.74 Å². The molecule has 0 spiro atoms. The number of hydrogen-bond acceptors (Lipinski definition) is 2. The molecule has 1 saturated carbocycles. The quantitative estimate of drug-likeness (QED) is 0.832. The van der Waals surface area contributed by atoms with Gasteiger partial charge in [0.05, 0.1) is 6.61 Å². The molecule has 0 aromatic heterocycles. The van der Waals surface area contributed by atoms with E-state index in [1.54, 1.807) is 0 Å². The number of rotatable bonds is 6. The highest BCUT2D eigenvalue weighted by Gasteiger charge is 2.44. The number of benzene rings is 1. The smallest absolute Gasteiger partial charge is 0.122 e. The fraction of sp³-hybridized carbons (Fsp3) is 0.625. The highest BCUT2D eigenvalue weighted by atomic mass is 16.5. The van der Waals surface area contributed by atoms with Gasteiger partial charge in [0.15, 0.2) is 0 Å². The van der Waals surface area contributed by atoms with E-state index >= 15 is 0 Å². The van der Waals surface area contributed by atoms with Crippen molar-refractivity contribution in [1.29, 1.82) is 0 Å². The molecule has 0 radical (unpaired) electrons. The zero-order valence-corrected chi connectivity index (χ0v) is 12.1. The molecule has 1 aromatic carbocycles. The van der Waals surface area contributed by atoms with Gasteiger partial charge in [0.2, 0.25) is 0 Å². The monoisotopic (exact) mass is 247 g/mol. The van der Waals surface area contributed by atoms with Crippen LogP contribution in [-0.2, 0) is 5.41 Å². The third-order valence-corrected chi connectivity index (χ3v) is 3.96. The molecule has 0 unspecified atom stereocenters. The van der Waals surface area contributed by atoms with Crippen LogP contribution in [-0.4, -0.2) is 19.7 Å². The van der Waals surface area contributed by atoms with Gasteiger partial charge in [0.25, 0.3) is 0 Å².